The molecule has 4 aliphatic heterocycles. The van der Waals surface area contributed by atoms with Gasteiger partial charge < -0.3 is 35.6 Å². The number of urea groups is 1. The highest BCUT2D eigenvalue weighted by Gasteiger charge is 2.44. The lowest BCUT2D eigenvalue weighted by molar-refractivity contribution is -0.153. The SMILES string of the molecule is COC(=O)[C@@H]1CC[C@@H]2C/C=C\C[C@H](N)C(=O)N21.COC(=O)[C@@H]1CC[C@@H]2C/C=C\C[C@H](NC(=O)Nc3ccccc3)C(=O)N21. The van der Waals surface area contributed by atoms with E-state index in [4.69, 9.17) is 15.2 Å². The van der Waals surface area contributed by atoms with Crippen LogP contribution < -0.4 is 16.4 Å². The molecule has 0 bridgehead atoms. The van der Waals surface area contributed by atoms with Crippen molar-refractivity contribution in [2.24, 2.45) is 5.73 Å². The van der Waals surface area contributed by atoms with Gasteiger partial charge in [-0.05, 0) is 63.5 Å². The number of methoxy groups -OCH3 is 2. The molecular weight excluding hydrogens is 554 g/mol. The predicted octanol–water partition coefficient (Wildman–Crippen LogP) is 2.26. The van der Waals surface area contributed by atoms with E-state index in [0.29, 0.717) is 37.8 Å². The van der Waals surface area contributed by atoms with Crippen molar-refractivity contribution in [2.45, 2.75) is 87.6 Å². The van der Waals surface area contributed by atoms with Gasteiger partial charge in [-0.1, -0.05) is 42.5 Å². The molecule has 0 unspecified atom stereocenters. The van der Waals surface area contributed by atoms with Crippen LogP contribution in [0.15, 0.2) is 54.6 Å². The number of para-hydroxylation sites is 1. The van der Waals surface area contributed by atoms with Gasteiger partial charge in [-0.2, -0.15) is 0 Å². The van der Waals surface area contributed by atoms with Crippen LogP contribution in [0, 0.1) is 0 Å². The fourth-order valence-corrected chi connectivity index (χ4v) is 6.15. The van der Waals surface area contributed by atoms with E-state index in [9.17, 15) is 24.0 Å². The number of benzene rings is 1. The number of fused-ring (bicyclic) bond motifs is 2. The highest BCUT2D eigenvalue weighted by molar-refractivity contribution is 5.95. The van der Waals surface area contributed by atoms with Crippen LogP contribution in [0.1, 0.15) is 51.4 Å². The molecule has 6 atom stereocenters. The monoisotopic (exact) mass is 595 g/mol. The fraction of sp³-hybridized carbons (Fsp3) is 0.516. The number of nitrogens with two attached hydrogens (primary N) is 1. The summed E-state index contributed by atoms with van der Waals surface area (Å²) in [6.07, 6.45) is 13.2. The van der Waals surface area contributed by atoms with Crippen LogP contribution >= 0.6 is 0 Å². The smallest absolute Gasteiger partial charge is 0.328 e. The maximum atomic E-state index is 13.0. The zero-order valence-corrected chi connectivity index (χ0v) is 24.6. The van der Waals surface area contributed by atoms with Crippen LogP contribution in [0.5, 0.6) is 0 Å². The highest BCUT2D eigenvalue weighted by atomic mass is 16.5. The number of amides is 4. The Labute approximate surface area is 251 Å². The molecule has 4 heterocycles. The van der Waals surface area contributed by atoms with Crippen molar-refractivity contribution in [1.82, 2.24) is 15.1 Å². The average Bonchev–Trinajstić information content (AvgIpc) is 3.62. The summed E-state index contributed by atoms with van der Waals surface area (Å²) in [5.41, 5.74) is 6.46. The van der Waals surface area contributed by atoms with Crippen molar-refractivity contribution in [1.29, 1.82) is 0 Å². The standard InChI is InChI=1S/C19H23N3O4.C12H18N2O3/c1-26-18(24)16-12-11-14-9-5-6-10-15(17(23)22(14)16)21-19(25)20-13-7-3-2-4-8-13;1-17-12(16)10-7-6-8-4-2-3-5-9(13)11(15)14(8)10/h2-8,14-16H,9-12H2,1H3,(H2,20,21,25);2-3,8-10H,4-7,13H2,1H3/b6-5-;3-2-/t14-,15-,16-;8-,9-,10-/m00/s1. The number of carbonyl (C=O) groups excluding carboxylic acids is 5. The first kappa shape index (κ1) is 31.7. The zero-order chi connectivity index (χ0) is 30.9. The molecule has 2 fully saturated rings. The summed E-state index contributed by atoms with van der Waals surface area (Å²) < 4.78 is 9.60. The van der Waals surface area contributed by atoms with E-state index in [2.05, 4.69) is 10.6 Å². The molecule has 2 saturated heterocycles. The number of hydrogen-bond acceptors (Lipinski definition) is 8. The number of carbonyl (C=O) groups is 5. The van der Waals surface area contributed by atoms with Gasteiger partial charge >= 0.3 is 18.0 Å². The van der Waals surface area contributed by atoms with Crippen LogP contribution in [-0.4, -0.2) is 90.1 Å². The van der Waals surface area contributed by atoms with Gasteiger partial charge in [0.25, 0.3) is 0 Å². The third-order valence-electron chi connectivity index (χ3n) is 8.32. The summed E-state index contributed by atoms with van der Waals surface area (Å²) >= 11 is 0. The normalized spacial score (nSPS) is 29.7. The largest absolute Gasteiger partial charge is 0.467 e. The zero-order valence-electron chi connectivity index (χ0n) is 24.6. The van der Waals surface area contributed by atoms with Crippen LogP contribution in [0.4, 0.5) is 10.5 Å². The van der Waals surface area contributed by atoms with E-state index in [1.54, 1.807) is 21.9 Å². The summed E-state index contributed by atoms with van der Waals surface area (Å²) in [5, 5.41) is 5.44. The van der Waals surface area contributed by atoms with Crippen molar-refractivity contribution in [3.63, 3.8) is 0 Å². The second-order valence-electron chi connectivity index (χ2n) is 11.0. The van der Waals surface area contributed by atoms with Gasteiger partial charge in [0, 0.05) is 17.8 Å². The second kappa shape index (κ2) is 14.8. The Kier molecular flexibility index (Phi) is 10.9. The first-order valence-corrected chi connectivity index (χ1v) is 14.7. The van der Waals surface area contributed by atoms with Crippen LogP contribution in [0.25, 0.3) is 0 Å². The molecule has 12 heteroatoms. The van der Waals surface area contributed by atoms with Crippen molar-refractivity contribution in [3.05, 3.63) is 54.6 Å². The van der Waals surface area contributed by atoms with E-state index in [-0.39, 0.29) is 29.9 Å². The number of nitrogens with zero attached hydrogens (tertiary/aromatic N) is 2. The van der Waals surface area contributed by atoms with E-state index >= 15 is 0 Å². The summed E-state index contributed by atoms with van der Waals surface area (Å²) in [7, 11) is 2.68. The molecule has 1 aromatic rings. The van der Waals surface area contributed by atoms with Crippen LogP contribution in [-0.2, 0) is 28.7 Å². The van der Waals surface area contributed by atoms with Gasteiger partial charge in [-0.25, -0.2) is 14.4 Å². The summed E-state index contributed by atoms with van der Waals surface area (Å²) in [4.78, 5) is 64.4. The number of rotatable bonds is 4. The summed E-state index contributed by atoms with van der Waals surface area (Å²) in [6, 6.07) is 6.33. The molecule has 1 aromatic carbocycles. The fourth-order valence-electron chi connectivity index (χ4n) is 6.15. The molecule has 5 rings (SSSR count). The molecule has 0 spiro atoms. The third kappa shape index (κ3) is 7.61. The Hall–Kier alpha value is -4.19. The summed E-state index contributed by atoms with van der Waals surface area (Å²) in [6.45, 7) is 0. The molecule has 12 nitrogen and oxygen atoms in total. The molecule has 0 aromatic heterocycles. The minimum atomic E-state index is -0.719. The number of nitrogens with one attached hydrogen (secondary N) is 2. The summed E-state index contributed by atoms with van der Waals surface area (Å²) in [5.74, 6) is -1.11. The van der Waals surface area contributed by atoms with Gasteiger partial charge in [-0.3, -0.25) is 9.59 Å². The first-order valence-electron chi connectivity index (χ1n) is 14.7. The van der Waals surface area contributed by atoms with Crippen molar-refractivity contribution in [3.8, 4) is 0 Å². The Bertz CT molecular complexity index is 1240. The lowest BCUT2D eigenvalue weighted by Crippen LogP contribution is -2.55. The molecule has 0 saturated carbocycles. The highest BCUT2D eigenvalue weighted by Crippen LogP contribution is 2.31. The Morgan fingerprint density at radius 1 is 0.744 bits per heavy atom. The van der Waals surface area contributed by atoms with E-state index in [0.717, 1.165) is 19.3 Å². The minimum absolute atomic E-state index is 0.0374. The molecule has 232 valence electrons. The number of anilines is 1. The van der Waals surface area contributed by atoms with Crippen molar-refractivity contribution >= 4 is 35.5 Å². The first-order chi connectivity index (χ1) is 20.7. The van der Waals surface area contributed by atoms with Crippen LogP contribution in [0.3, 0.4) is 0 Å². The average molecular weight is 596 g/mol. The van der Waals surface area contributed by atoms with Gasteiger partial charge in [0.15, 0.2) is 0 Å². The molecular formula is C31H41N5O7. The maximum Gasteiger partial charge on any atom is 0.328 e. The Morgan fingerprint density at radius 3 is 1.81 bits per heavy atom. The molecule has 43 heavy (non-hydrogen) atoms. The molecule has 4 aliphatic rings. The Balaban J connectivity index is 0.000000215. The van der Waals surface area contributed by atoms with Gasteiger partial charge in [-0.15, -0.1) is 0 Å². The van der Waals surface area contributed by atoms with Crippen LogP contribution in [0.2, 0.25) is 0 Å². The van der Waals surface area contributed by atoms with E-state index < -0.39 is 36.2 Å². The number of esters is 2. The number of ether oxygens (including phenoxy) is 2. The second-order valence-corrected chi connectivity index (χ2v) is 11.0. The maximum absolute atomic E-state index is 13.0. The lowest BCUT2D eigenvalue weighted by Gasteiger charge is -2.33. The molecule has 4 N–H and O–H groups in total. The number of hydrogen-bond donors (Lipinski definition) is 3. The van der Waals surface area contributed by atoms with Gasteiger partial charge in [0.1, 0.15) is 18.1 Å². The topological polar surface area (TPSA) is 160 Å². The Morgan fingerprint density at radius 2 is 1.26 bits per heavy atom. The third-order valence-corrected chi connectivity index (χ3v) is 8.32. The van der Waals surface area contributed by atoms with E-state index in [1.165, 1.54) is 14.2 Å². The van der Waals surface area contributed by atoms with Crippen molar-refractivity contribution in [2.75, 3.05) is 19.5 Å². The lowest BCUT2D eigenvalue weighted by atomic mass is 10.0. The predicted molar refractivity (Wildman–Crippen MR) is 158 cm³/mol. The molecule has 0 radical (unpaired) electrons. The van der Waals surface area contributed by atoms with Gasteiger partial charge in [0.05, 0.1) is 20.3 Å². The quantitative estimate of drug-likeness (QED) is 0.353. The molecule has 4 amide bonds. The van der Waals surface area contributed by atoms with Gasteiger partial charge in [0.2, 0.25) is 11.8 Å². The van der Waals surface area contributed by atoms with Crippen molar-refractivity contribution < 1.29 is 33.4 Å². The molecule has 0 aliphatic carbocycles. The van der Waals surface area contributed by atoms with E-state index in [1.807, 2.05) is 42.5 Å². The minimum Gasteiger partial charge on any atom is -0.467 e.